The van der Waals surface area contributed by atoms with E-state index < -0.39 is 5.97 Å². The number of nitrogens with zero attached hydrogens (tertiary/aromatic N) is 3. The number of hydrogen-bond donors (Lipinski definition) is 0. The second kappa shape index (κ2) is 7.03. The highest BCUT2D eigenvalue weighted by Gasteiger charge is 2.24. The molecule has 0 bridgehead atoms. The summed E-state index contributed by atoms with van der Waals surface area (Å²) >= 11 is 0. The van der Waals surface area contributed by atoms with Gasteiger partial charge in [-0.15, -0.1) is 0 Å². The molecule has 2 heterocycles. The molecule has 0 saturated carbocycles. The largest absolute Gasteiger partial charge is 0.402 e. The first kappa shape index (κ1) is 17.0. The number of aryl methyl sites for hydroxylation is 2. The molecule has 0 saturated heterocycles. The summed E-state index contributed by atoms with van der Waals surface area (Å²) in [6.45, 7) is 4.68. The van der Waals surface area contributed by atoms with Gasteiger partial charge in [-0.2, -0.15) is 5.10 Å². The van der Waals surface area contributed by atoms with Crippen LogP contribution >= 0.6 is 0 Å². The summed E-state index contributed by atoms with van der Waals surface area (Å²) in [7, 11) is 0. The Bertz CT molecular complexity index is 1040. The lowest BCUT2D eigenvalue weighted by molar-refractivity contribution is -0.129. The van der Waals surface area contributed by atoms with Crippen LogP contribution < -0.4 is 0 Å². The van der Waals surface area contributed by atoms with Gasteiger partial charge in [0.25, 0.3) is 0 Å². The molecule has 2 aromatic carbocycles. The highest BCUT2D eigenvalue weighted by atomic mass is 16.6. The van der Waals surface area contributed by atoms with Crippen LogP contribution in [-0.4, -0.2) is 21.6 Å². The normalized spacial score (nSPS) is 15.1. The van der Waals surface area contributed by atoms with Crippen molar-refractivity contribution in [1.82, 2.24) is 9.78 Å². The van der Waals surface area contributed by atoms with Crippen molar-refractivity contribution >= 4 is 17.9 Å². The Morgan fingerprint density at radius 1 is 1.07 bits per heavy atom. The number of carbonyl (C=O) groups is 1. The first-order chi connectivity index (χ1) is 13.1. The van der Waals surface area contributed by atoms with Crippen LogP contribution in [0.5, 0.6) is 0 Å². The van der Waals surface area contributed by atoms with Crippen LogP contribution in [0.3, 0.4) is 0 Å². The number of aromatic nitrogens is 2. The number of carbonyl (C=O) groups excluding carboxylic acids is 1. The number of aliphatic imine (C=N–C) groups is 1. The van der Waals surface area contributed by atoms with Gasteiger partial charge in [-0.1, -0.05) is 47.5 Å². The molecule has 0 aliphatic carbocycles. The van der Waals surface area contributed by atoms with E-state index in [1.165, 1.54) is 0 Å². The number of benzene rings is 2. The van der Waals surface area contributed by atoms with Gasteiger partial charge in [0.05, 0.1) is 12.7 Å². The van der Waals surface area contributed by atoms with E-state index in [0.29, 0.717) is 12.4 Å². The molecule has 1 aliphatic rings. The average Bonchev–Trinajstić information content (AvgIpc) is 3.22. The Labute approximate surface area is 157 Å². The molecule has 0 N–H and O–H groups in total. The lowest BCUT2D eigenvalue weighted by Crippen LogP contribution is -2.05. The molecule has 3 aromatic rings. The molecule has 0 spiro atoms. The third-order valence-electron chi connectivity index (χ3n) is 4.23. The minimum atomic E-state index is -0.444. The molecule has 0 atom stereocenters. The molecule has 134 valence electrons. The number of esters is 1. The number of hydrogen-bond acceptors (Lipinski definition) is 4. The van der Waals surface area contributed by atoms with Crippen LogP contribution in [0.15, 0.2) is 71.6 Å². The molecular formula is C22H19N3O2. The summed E-state index contributed by atoms with van der Waals surface area (Å²) in [4.78, 5) is 16.6. The van der Waals surface area contributed by atoms with Crippen molar-refractivity contribution in [1.29, 1.82) is 0 Å². The zero-order valence-corrected chi connectivity index (χ0v) is 15.2. The molecule has 4 rings (SSSR count). The zero-order chi connectivity index (χ0) is 18.8. The Morgan fingerprint density at radius 2 is 1.81 bits per heavy atom. The van der Waals surface area contributed by atoms with E-state index in [9.17, 15) is 4.79 Å². The third-order valence-corrected chi connectivity index (χ3v) is 4.23. The quantitative estimate of drug-likeness (QED) is 0.526. The molecular weight excluding hydrogens is 338 g/mol. The van der Waals surface area contributed by atoms with Gasteiger partial charge in [-0.25, -0.2) is 9.79 Å². The Kier molecular flexibility index (Phi) is 4.42. The highest BCUT2D eigenvalue weighted by molar-refractivity contribution is 6.12. The molecule has 0 fully saturated rings. The predicted molar refractivity (Wildman–Crippen MR) is 104 cm³/mol. The van der Waals surface area contributed by atoms with E-state index >= 15 is 0 Å². The summed E-state index contributed by atoms with van der Waals surface area (Å²) < 4.78 is 7.19. The fourth-order valence-corrected chi connectivity index (χ4v) is 3.10. The Morgan fingerprint density at radius 3 is 2.56 bits per heavy atom. The van der Waals surface area contributed by atoms with Crippen molar-refractivity contribution in [3.05, 3.63) is 94.4 Å². The van der Waals surface area contributed by atoms with E-state index in [1.807, 2.05) is 55.1 Å². The maximum absolute atomic E-state index is 12.2. The Balaban J connectivity index is 1.57. The molecule has 0 amide bonds. The van der Waals surface area contributed by atoms with E-state index in [1.54, 1.807) is 12.3 Å². The summed E-state index contributed by atoms with van der Waals surface area (Å²) in [5.41, 5.74) is 5.26. The van der Waals surface area contributed by atoms with Gasteiger partial charge in [0.2, 0.25) is 5.90 Å². The second-order valence-corrected chi connectivity index (χ2v) is 6.67. The van der Waals surface area contributed by atoms with Crippen molar-refractivity contribution in [3.63, 3.8) is 0 Å². The summed E-state index contributed by atoms with van der Waals surface area (Å²) in [6, 6.07) is 16.1. The number of rotatable bonds is 4. The fourth-order valence-electron chi connectivity index (χ4n) is 3.10. The van der Waals surface area contributed by atoms with Crippen molar-refractivity contribution in [2.75, 3.05) is 0 Å². The van der Waals surface area contributed by atoms with Gasteiger partial charge >= 0.3 is 5.97 Å². The van der Waals surface area contributed by atoms with E-state index in [4.69, 9.17) is 4.74 Å². The number of ether oxygens (including phenoxy) is 1. The smallest absolute Gasteiger partial charge is 0.363 e. The summed E-state index contributed by atoms with van der Waals surface area (Å²) in [5, 5.41) is 4.35. The molecule has 5 nitrogen and oxygen atoms in total. The van der Waals surface area contributed by atoms with Gasteiger partial charge in [0.15, 0.2) is 5.70 Å². The maximum Gasteiger partial charge on any atom is 0.363 e. The van der Waals surface area contributed by atoms with Crippen LogP contribution in [-0.2, 0) is 16.1 Å². The van der Waals surface area contributed by atoms with Crippen molar-refractivity contribution in [2.45, 2.75) is 20.4 Å². The summed E-state index contributed by atoms with van der Waals surface area (Å²) in [5.74, 6) is -0.102. The van der Waals surface area contributed by atoms with Gasteiger partial charge in [-0.05, 0) is 37.6 Å². The zero-order valence-electron chi connectivity index (χ0n) is 15.2. The molecule has 5 heteroatoms. The SMILES string of the molecule is Cc1cc(C)cc(C2=N/C(=C\c3cnn(Cc4ccccc4)c3)C(=O)O2)c1. The van der Waals surface area contributed by atoms with E-state index in [0.717, 1.165) is 27.8 Å². The van der Waals surface area contributed by atoms with Gasteiger partial charge in [0, 0.05) is 17.3 Å². The molecule has 0 unspecified atom stereocenters. The van der Waals surface area contributed by atoms with Gasteiger partial charge < -0.3 is 4.74 Å². The molecule has 27 heavy (non-hydrogen) atoms. The van der Waals surface area contributed by atoms with E-state index in [2.05, 4.69) is 28.3 Å². The first-order valence-electron chi connectivity index (χ1n) is 8.74. The van der Waals surface area contributed by atoms with Crippen LogP contribution in [0, 0.1) is 13.8 Å². The van der Waals surface area contributed by atoms with Crippen LogP contribution in [0.4, 0.5) is 0 Å². The Hall–Kier alpha value is -3.47. The van der Waals surface area contributed by atoms with Crippen molar-refractivity contribution in [3.8, 4) is 0 Å². The predicted octanol–water partition coefficient (Wildman–Crippen LogP) is 3.89. The lowest BCUT2D eigenvalue weighted by atomic mass is 10.1. The second-order valence-electron chi connectivity index (χ2n) is 6.67. The first-order valence-corrected chi connectivity index (χ1v) is 8.74. The minimum absolute atomic E-state index is 0.281. The van der Waals surface area contributed by atoms with Crippen molar-refractivity contribution < 1.29 is 9.53 Å². The average molecular weight is 357 g/mol. The van der Waals surface area contributed by atoms with Crippen LogP contribution in [0.25, 0.3) is 6.08 Å². The topological polar surface area (TPSA) is 56.5 Å². The highest BCUT2D eigenvalue weighted by Crippen LogP contribution is 2.20. The maximum atomic E-state index is 12.2. The summed E-state index contributed by atoms with van der Waals surface area (Å²) in [6.07, 6.45) is 5.30. The molecule has 1 aliphatic heterocycles. The standard InChI is InChI=1S/C22H19N3O2/c1-15-8-16(2)10-19(9-15)21-24-20(22(26)27-21)11-18-12-23-25(14-18)13-17-6-4-3-5-7-17/h3-12,14H,13H2,1-2H3/b20-11-. The molecule has 1 aromatic heterocycles. The van der Waals surface area contributed by atoms with Gasteiger partial charge in [0.1, 0.15) is 0 Å². The van der Waals surface area contributed by atoms with Gasteiger partial charge in [-0.3, -0.25) is 4.68 Å². The van der Waals surface area contributed by atoms with Crippen LogP contribution in [0.1, 0.15) is 27.8 Å². The lowest BCUT2D eigenvalue weighted by Gasteiger charge is -2.03. The van der Waals surface area contributed by atoms with E-state index in [-0.39, 0.29) is 5.70 Å². The molecule has 0 radical (unpaired) electrons. The minimum Gasteiger partial charge on any atom is -0.402 e. The number of cyclic esters (lactones) is 1. The fraction of sp³-hybridized carbons (Fsp3) is 0.136. The van der Waals surface area contributed by atoms with Crippen LogP contribution in [0.2, 0.25) is 0 Å². The third kappa shape index (κ3) is 3.87. The van der Waals surface area contributed by atoms with Crippen molar-refractivity contribution in [2.24, 2.45) is 4.99 Å². The monoisotopic (exact) mass is 357 g/mol.